The molecule has 0 saturated heterocycles. The van der Waals surface area contributed by atoms with Crippen LogP contribution in [0.4, 0.5) is 45.2 Å². The third kappa shape index (κ3) is 4.86. The largest absolute Gasteiger partial charge is 0.430 e. The number of benzene rings is 2. The van der Waals surface area contributed by atoms with Gasteiger partial charge in [0.25, 0.3) is 5.60 Å². The first kappa shape index (κ1) is 26.5. The van der Waals surface area contributed by atoms with E-state index in [1.54, 1.807) is 4.90 Å². The van der Waals surface area contributed by atoms with Crippen LogP contribution in [0.3, 0.4) is 0 Å². The van der Waals surface area contributed by atoms with Crippen LogP contribution in [0.15, 0.2) is 42.5 Å². The van der Waals surface area contributed by atoms with Crippen molar-refractivity contribution in [1.82, 2.24) is 0 Å². The van der Waals surface area contributed by atoms with Crippen LogP contribution in [0.5, 0.6) is 0 Å². The maximum Gasteiger partial charge on any atom is 0.430 e. The molecule has 35 heavy (non-hydrogen) atoms. The Bertz CT molecular complexity index is 1090. The fraction of sp³-hybridized carbons (Fsp3) is 0.364. The topological polar surface area (TPSA) is 71.2 Å². The second kappa shape index (κ2) is 8.85. The lowest BCUT2D eigenvalue weighted by atomic mass is 9.91. The monoisotopic (exact) mass is 511 g/mol. The van der Waals surface area contributed by atoms with Crippen molar-refractivity contribution in [1.29, 1.82) is 10.8 Å². The van der Waals surface area contributed by atoms with E-state index in [1.165, 1.54) is 18.2 Å². The second-order valence-electron chi connectivity index (χ2n) is 8.02. The van der Waals surface area contributed by atoms with Crippen LogP contribution in [-0.4, -0.2) is 42.1 Å². The molecule has 0 radical (unpaired) electrons. The van der Waals surface area contributed by atoms with Gasteiger partial charge in [0.1, 0.15) is 5.71 Å². The molecule has 2 aromatic carbocycles. The number of halogens is 9. The standard InChI is InChI=1S/C22H18F9N3O/c23-20(24,25)18(33)16(10-32)13-3-6-17-14(9-13)7-8-34(17)11-12-1-4-15(5-2-12)19(35,21(26,27)28)22(29,30)31/h1-6,9-10,16,32-33,35H,7-8,11H2. The summed E-state index contributed by atoms with van der Waals surface area (Å²) in [5, 5.41) is 24.1. The van der Waals surface area contributed by atoms with E-state index in [2.05, 4.69) is 0 Å². The van der Waals surface area contributed by atoms with Gasteiger partial charge in [0.15, 0.2) is 0 Å². The molecule has 4 nitrogen and oxygen atoms in total. The van der Waals surface area contributed by atoms with E-state index < -0.39 is 41.3 Å². The van der Waals surface area contributed by atoms with E-state index in [4.69, 9.17) is 10.8 Å². The predicted octanol–water partition coefficient (Wildman–Crippen LogP) is 5.88. The molecule has 0 saturated carbocycles. The van der Waals surface area contributed by atoms with Gasteiger partial charge in [-0.25, -0.2) is 0 Å². The lowest BCUT2D eigenvalue weighted by molar-refractivity contribution is -0.376. The molecule has 0 fully saturated rings. The van der Waals surface area contributed by atoms with Crippen molar-refractivity contribution in [3.63, 3.8) is 0 Å². The van der Waals surface area contributed by atoms with E-state index in [1.807, 2.05) is 0 Å². The van der Waals surface area contributed by atoms with Gasteiger partial charge in [0.05, 0.1) is 5.92 Å². The van der Waals surface area contributed by atoms with Gasteiger partial charge in [-0.05, 0) is 29.2 Å². The van der Waals surface area contributed by atoms with Crippen LogP contribution >= 0.6 is 0 Å². The predicted molar refractivity (Wildman–Crippen MR) is 109 cm³/mol. The zero-order valence-electron chi connectivity index (χ0n) is 17.6. The molecular weight excluding hydrogens is 493 g/mol. The summed E-state index contributed by atoms with van der Waals surface area (Å²) in [6.07, 6.45) is -16.0. The third-order valence-corrected chi connectivity index (χ3v) is 5.80. The Kier molecular flexibility index (Phi) is 6.70. The Morgan fingerprint density at radius 1 is 0.943 bits per heavy atom. The first-order chi connectivity index (χ1) is 16.0. The maximum atomic E-state index is 13.0. The van der Waals surface area contributed by atoms with E-state index in [0.717, 1.165) is 12.1 Å². The van der Waals surface area contributed by atoms with Crippen molar-refractivity contribution >= 4 is 17.6 Å². The van der Waals surface area contributed by atoms with Crippen LogP contribution in [0, 0.1) is 10.8 Å². The average Bonchev–Trinajstić information content (AvgIpc) is 3.14. The number of hydrogen-bond donors (Lipinski definition) is 3. The molecule has 0 amide bonds. The summed E-state index contributed by atoms with van der Waals surface area (Å²) in [7, 11) is 0. The number of nitrogens with zero attached hydrogens (tertiary/aromatic N) is 1. The van der Waals surface area contributed by atoms with Crippen LogP contribution in [-0.2, 0) is 18.6 Å². The fourth-order valence-electron chi connectivity index (χ4n) is 3.93. The minimum Gasteiger partial charge on any atom is -0.369 e. The normalized spacial score (nSPS) is 15.7. The highest BCUT2D eigenvalue weighted by molar-refractivity contribution is 6.04. The van der Waals surface area contributed by atoms with Gasteiger partial charge in [-0.2, -0.15) is 39.5 Å². The van der Waals surface area contributed by atoms with Crippen LogP contribution in [0.1, 0.15) is 28.2 Å². The minimum absolute atomic E-state index is 0.0788. The number of rotatable bonds is 6. The summed E-state index contributed by atoms with van der Waals surface area (Å²) >= 11 is 0. The number of hydrogen-bond acceptors (Lipinski definition) is 4. The minimum atomic E-state index is -5.99. The molecule has 190 valence electrons. The van der Waals surface area contributed by atoms with Gasteiger partial charge in [0, 0.05) is 30.6 Å². The molecule has 0 spiro atoms. The third-order valence-electron chi connectivity index (χ3n) is 5.80. The van der Waals surface area contributed by atoms with Crippen molar-refractivity contribution in [2.45, 2.75) is 43.0 Å². The van der Waals surface area contributed by atoms with Gasteiger partial charge in [-0.15, -0.1) is 0 Å². The maximum absolute atomic E-state index is 13.0. The summed E-state index contributed by atoms with van der Waals surface area (Å²) in [6.45, 7) is 0.455. The van der Waals surface area contributed by atoms with Crippen LogP contribution in [0.2, 0.25) is 0 Å². The molecule has 1 atom stereocenters. The number of fused-ring (bicyclic) bond motifs is 1. The molecule has 13 heteroatoms. The first-order valence-corrected chi connectivity index (χ1v) is 10.00. The molecule has 0 aromatic heterocycles. The summed E-state index contributed by atoms with van der Waals surface area (Å²) in [5.41, 5.74) is -6.31. The van der Waals surface area contributed by atoms with Crippen molar-refractivity contribution in [3.05, 3.63) is 64.7 Å². The van der Waals surface area contributed by atoms with Gasteiger partial charge < -0.3 is 15.4 Å². The number of anilines is 1. The average molecular weight is 511 g/mol. The van der Waals surface area contributed by atoms with Gasteiger partial charge in [-0.1, -0.05) is 36.4 Å². The van der Waals surface area contributed by atoms with E-state index >= 15 is 0 Å². The molecule has 0 bridgehead atoms. The molecular formula is C22H18F9N3O. The van der Waals surface area contributed by atoms with Crippen molar-refractivity contribution in [3.8, 4) is 0 Å². The van der Waals surface area contributed by atoms with Crippen molar-refractivity contribution in [2.24, 2.45) is 0 Å². The molecule has 1 aliphatic rings. The van der Waals surface area contributed by atoms with Crippen molar-refractivity contribution in [2.75, 3.05) is 11.4 Å². The molecule has 0 aliphatic carbocycles. The Morgan fingerprint density at radius 2 is 1.51 bits per heavy atom. The molecule has 2 aromatic rings. The quantitative estimate of drug-likeness (QED) is 0.335. The smallest absolute Gasteiger partial charge is 0.369 e. The summed E-state index contributed by atoms with van der Waals surface area (Å²) in [6, 6.07) is 7.43. The zero-order valence-corrected chi connectivity index (χ0v) is 17.6. The lowest BCUT2D eigenvalue weighted by Gasteiger charge is -2.32. The summed E-state index contributed by atoms with van der Waals surface area (Å²) in [4.78, 5) is 1.74. The molecule has 1 aliphatic heterocycles. The lowest BCUT2D eigenvalue weighted by Crippen LogP contribution is -2.53. The Hall–Kier alpha value is -3.09. The number of alkyl halides is 9. The highest BCUT2D eigenvalue weighted by atomic mass is 19.4. The van der Waals surface area contributed by atoms with Gasteiger partial charge in [0.2, 0.25) is 0 Å². The Labute approximate surface area is 193 Å². The van der Waals surface area contributed by atoms with E-state index in [9.17, 15) is 44.6 Å². The van der Waals surface area contributed by atoms with Crippen LogP contribution < -0.4 is 4.90 Å². The van der Waals surface area contributed by atoms with Gasteiger partial charge in [-0.3, -0.25) is 5.41 Å². The molecule has 1 heterocycles. The number of aliphatic hydroxyl groups is 1. The van der Waals surface area contributed by atoms with Gasteiger partial charge >= 0.3 is 18.5 Å². The summed E-state index contributed by atoms with van der Waals surface area (Å²) in [5.74, 6) is -1.58. The van der Waals surface area contributed by atoms with Crippen LogP contribution in [0.25, 0.3) is 0 Å². The highest BCUT2D eigenvalue weighted by Crippen LogP contribution is 2.50. The molecule has 3 rings (SSSR count). The molecule has 3 N–H and O–H groups in total. The highest BCUT2D eigenvalue weighted by Gasteiger charge is 2.71. The second-order valence-corrected chi connectivity index (χ2v) is 8.02. The Morgan fingerprint density at radius 3 is 2.00 bits per heavy atom. The fourth-order valence-corrected chi connectivity index (χ4v) is 3.93. The Balaban J connectivity index is 1.82. The summed E-state index contributed by atoms with van der Waals surface area (Å²) < 4.78 is 117. The SMILES string of the molecule is N=CC(C(=N)C(F)(F)F)c1ccc2c(c1)CCN2Cc1ccc(C(O)(C(F)(F)F)C(F)(F)F)cc1. The number of nitrogens with one attached hydrogen (secondary N) is 2. The molecule has 1 unspecified atom stereocenters. The first-order valence-electron chi connectivity index (χ1n) is 10.00. The van der Waals surface area contributed by atoms with E-state index in [0.29, 0.717) is 48.1 Å². The zero-order chi connectivity index (χ0) is 26.4. The van der Waals surface area contributed by atoms with Crippen molar-refractivity contribution < 1.29 is 44.6 Å². The van der Waals surface area contributed by atoms with E-state index in [-0.39, 0.29) is 12.1 Å².